The molecule has 0 aliphatic heterocycles. The molecule has 0 unspecified atom stereocenters. The number of furan rings is 1. The molecule has 3 rings (SSSR count). The number of benzene rings is 1. The number of ether oxygens (including phenoxy) is 1. The van der Waals surface area contributed by atoms with Gasteiger partial charge in [-0.05, 0) is 31.2 Å². The zero-order valence-corrected chi connectivity index (χ0v) is 15.5. The Hall–Kier alpha value is -2.44. The average molecular weight is 394 g/mol. The van der Waals surface area contributed by atoms with Gasteiger partial charge in [-0.15, -0.1) is 0 Å². The van der Waals surface area contributed by atoms with Gasteiger partial charge >= 0.3 is 0 Å². The van der Waals surface area contributed by atoms with Gasteiger partial charge in [-0.2, -0.15) is 5.10 Å². The predicted octanol–water partition coefficient (Wildman–Crippen LogP) is 4.31. The quantitative estimate of drug-likeness (QED) is 0.648. The van der Waals surface area contributed by atoms with E-state index in [-0.39, 0.29) is 24.8 Å². The van der Waals surface area contributed by atoms with Crippen LogP contribution in [0.2, 0.25) is 10.0 Å². The van der Waals surface area contributed by atoms with Gasteiger partial charge in [-0.25, -0.2) is 0 Å². The van der Waals surface area contributed by atoms with Gasteiger partial charge in [0.1, 0.15) is 18.1 Å². The maximum absolute atomic E-state index is 12.3. The zero-order valence-electron chi connectivity index (χ0n) is 14.0. The molecule has 2 heterocycles. The van der Waals surface area contributed by atoms with Crippen molar-refractivity contribution in [3.63, 3.8) is 0 Å². The van der Waals surface area contributed by atoms with E-state index in [9.17, 15) is 4.79 Å². The Bertz CT molecular complexity index is 905. The summed E-state index contributed by atoms with van der Waals surface area (Å²) in [6.07, 6.45) is 1.56. The lowest BCUT2D eigenvalue weighted by atomic mass is 10.3. The molecule has 0 aliphatic carbocycles. The Labute approximate surface area is 160 Å². The smallest absolute Gasteiger partial charge is 0.287 e. The van der Waals surface area contributed by atoms with Crippen LogP contribution in [0.25, 0.3) is 0 Å². The highest BCUT2D eigenvalue weighted by Gasteiger charge is 2.14. The third kappa shape index (κ3) is 4.20. The number of nitrogens with one attached hydrogen (secondary N) is 1. The maximum Gasteiger partial charge on any atom is 0.287 e. The van der Waals surface area contributed by atoms with Gasteiger partial charge in [0.25, 0.3) is 5.91 Å². The normalized spacial score (nSPS) is 10.7. The highest BCUT2D eigenvalue weighted by molar-refractivity contribution is 6.32. The number of rotatable bonds is 7. The fraction of sp³-hybridized carbons (Fsp3) is 0.222. The van der Waals surface area contributed by atoms with Gasteiger partial charge in [0.2, 0.25) is 0 Å². The third-order valence-electron chi connectivity index (χ3n) is 3.71. The van der Waals surface area contributed by atoms with E-state index in [1.807, 2.05) is 19.1 Å². The number of aryl methyl sites for hydroxylation is 1. The van der Waals surface area contributed by atoms with Crippen molar-refractivity contribution < 1.29 is 13.9 Å². The summed E-state index contributed by atoms with van der Waals surface area (Å²) in [6.45, 7) is 3.05. The second kappa shape index (κ2) is 8.29. The van der Waals surface area contributed by atoms with Crippen molar-refractivity contribution in [1.29, 1.82) is 0 Å². The zero-order chi connectivity index (χ0) is 18.5. The molecule has 3 aromatic rings. The van der Waals surface area contributed by atoms with Crippen LogP contribution >= 0.6 is 23.2 Å². The highest BCUT2D eigenvalue weighted by atomic mass is 35.5. The summed E-state index contributed by atoms with van der Waals surface area (Å²) >= 11 is 12.1. The van der Waals surface area contributed by atoms with Gasteiger partial charge in [-0.1, -0.05) is 35.3 Å². The monoisotopic (exact) mass is 393 g/mol. The Morgan fingerprint density at radius 2 is 2.04 bits per heavy atom. The number of para-hydroxylation sites is 1. The molecule has 0 atom stereocenters. The van der Waals surface area contributed by atoms with Crippen molar-refractivity contribution in [3.8, 4) is 5.75 Å². The van der Waals surface area contributed by atoms with Crippen LogP contribution in [0.5, 0.6) is 5.75 Å². The minimum atomic E-state index is -0.339. The summed E-state index contributed by atoms with van der Waals surface area (Å²) in [7, 11) is 0. The molecule has 0 bridgehead atoms. The Morgan fingerprint density at radius 3 is 2.81 bits per heavy atom. The first kappa shape index (κ1) is 18.4. The molecule has 0 fully saturated rings. The number of hydrogen-bond acceptors (Lipinski definition) is 4. The first-order valence-corrected chi connectivity index (χ1v) is 8.78. The molecule has 0 aliphatic rings. The second-order valence-corrected chi connectivity index (χ2v) is 6.24. The molecule has 0 saturated heterocycles. The number of carbonyl (C=O) groups is 1. The van der Waals surface area contributed by atoms with Crippen molar-refractivity contribution in [1.82, 2.24) is 15.1 Å². The molecule has 26 heavy (non-hydrogen) atoms. The first-order chi connectivity index (χ1) is 12.6. The van der Waals surface area contributed by atoms with Crippen LogP contribution in [-0.2, 0) is 19.7 Å². The molecule has 8 heteroatoms. The van der Waals surface area contributed by atoms with Crippen molar-refractivity contribution in [2.45, 2.75) is 26.6 Å². The summed E-state index contributed by atoms with van der Waals surface area (Å²) in [4.78, 5) is 12.3. The lowest BCUT2D eigenvalue weighted by Crippen LogP contribution is -2.24. The largest absolute Gasteiger partial charge is 0.484 e. The van der Waals surface area contributed by atoms with Crippen LogP contribution in [0, 0.1) is 0 Å². The van der Waals surface area contributed by atoms with E-state index in [1.165, 1.54) is 0 Å². The Morgan fingerprint density at radius 1 is 1.23 bits per heavy atom. The Kier molecular flexibility index (Phi) is 5.85. The molecular formula is C18H17Cl2N3O3. The lowest BCUT2D eigenvalue weighted by Gasteiger charge is -2.07. The van der Waals surface area contributed by atoms with Crippen molar-refractivity contribution in [2.75, 3.05) is 0 Å². The topological polar surface area (TPSA) is 69.3 Å². The van der Waals surface area contributed by atoms with Crippen LogP contribution in [0.15, 0.2) is 47.0 Å². The highest BCUT2D eigenvalue weighted by Crippen LogP contribution is 2.24. The number of halogens is 2. The predicted molar refractivity (Wildman–Crippen MR) is 98.6 cm³/mol. The van der Waals surface area contributed by atoms with Crippen LogP contribution in [0.1, 0.15) is 28.9 Å². The SMILES string of the molecule is CCn1ncc(Cl)c1CNC(=O)c1ccc(COc2ccccc2Cl)o1. The molecular weight excluding hydrogens is 377 g/mol. The van der Waals surface area contributed by atoms with Crippen molar-refractivity contribution in [3.05, 3.63) is 69.9 Å². The van der Waals surface area contributed by atoms with E-state index >= 15 is 0 Å². The molecule has 6 nitrogen and oxygen atoms in total. The van der Waals surface area contributed by atoms with E-state index in [2.05, 4.69) is 10.4 Å². The summed E-state index contributed by atoms with van der Waals surface area (Å²) in [5, 5.41) is 7.93. The van der Waals surface area contributed by atoms with Crippen LogP contribution in [0.3, 0.4) is 0 Å². The second-order valence-electron chi connectivity index (χ2n) is 5.42. The minimum absolute atomic E-state index is 0.172. The summed E-state index contributed by atoms with van der Waals surface area (Å²) < 4.78 is 12.9. The lowest BCUT2D eigenvalue weighted by molar-refractivity contribution is 0.0918. The number of nitrogens with zero attached hydrogens (tertiary/aromatic N) is 2. The third-order valence-corrected chi connectivity index (χ3v) is 4.33. The molecule has 0 spiro atoms. The molecule has 1 N–H and O–H groups in total. The van der Waals surface area contributed by atoms with Crippen LogP contribution in [0.4, 0.5) is 0 Å². The maximum atomic E-state index is 12.3. The number of carbonyl (C=O) groups excluding carboxylic acids is 1. The summed E-state index contributed by atoms with van der Waals surface area (Å²) in [6, 6.07) is 10.4. The summed E-state index contributed by atoms with van der Waals surface area (Å²) in [5.74, 6) is 0.932. The van der Waals surface area contributed by atoms with E-state index in [1.54, 1.807) is 35.1 Å². The standard InChI is InChI=1S/C18H17Cl2N3O3/c1-2-23-15(14(20)9-22-23)10-21-18(24)17-8-7-12(26-17)11-25-16-6-4-3-5-13(16)19/h3-9H,2,10-11H2,1H3,(H,21,24). The van der Waals surface area contributed by atoms with Crippen LogP contribution < -0.4 is 10.1 Å². The van der Waals surface area contributed by atoms with Gasteiger partial charge in [0.05, 0.1) is 28.5 Å². The fourth-order valence-corrected chi connectivity index (χ4v) is 2.77. The van der Waals surface area contributed by atoms with E-state index in [0.29, 0.717) is 28.1 Å². The van der Waals surface area contributed by atoms with E-state index < -0.39 is 0 Å². The molecule has 136 valence electrons. The average Bonchev–Trinajstić information content (AvgIpc) is 3.25. The number of amides is 1. The first-order valence-electron chi connectivity index (χ1n) is 8.03. The van der Waals surface area contributed by atoms with E-state index in [0.717, 1.165) is 5.69 Å². The van der Waals surface area contributed by atoms with Crippen molar-refractivity contribution in [2.24, 2.45) is 0 Å². The summed E-state index contributed by atoms with van der Waals surface area (Å²) in [5.41, 5.74) is 0.747. The minimum Gasteiger partial charge on any atom is -0.484 e. The van der Waals surface area contributed by atoms with Crippen LogP contribution in [-0.4, -0.2) is 15.7 Å². The van der Waals surface area contributed by atoms with E-state index in [4.69, 9.17) is 32.4 Å². The van der Waals surface area contributed by atoms with Gasteiger partial charge < -0.3 is 14.5 Å². The van der Waals surface area contributed by atoms with Gasteiger partial charge in [0.15, 0.2) is 5.76 Å². The number of hydrogen-bond donors (Lipinski definition) is 1. The number of aromatic nitrogens is 2. The van der Waals surface area contributed by atoms with Crippen molar-refractivity contribution >= 4 is 29.1 Å². The van der Waals surface area contributed by atoms with Gasteiger partial charge in [0, 0.05) is 6.54 Å². The Balaban J connectivity index is 1.58. The molecule has 0 saturated carbocycles. The van der Waals surface area contributed by atoms with Gasteiger partial charge in [-0.3, -0.25) is 9.48 Å². The fourth-order valence-electron chi connectivity index (χ4n) is 2.38. The molecule has 1 aromatic carbocycles. The molecule has 1 amide bonds. The molecule has 0 radical (unpaired) electrons. The molecule has 2 aromatic heterocycles.